The highest BCUT2D eigenvalue weighted by molar-refractivity contribution is 6.25. The van der Waals surface area contributed by atoms with Crippen molar-refractivity contribution in [3.8, 4) is 0 Å². The van der Waals surface area contributed by atoms with Gasteiger partial charge in [0.2, 0.25) is 0 Å². The lowest BCUT2D eigenvalue weighted by atomic mass is 9.97. The van der Waals surface area contributed by atoms with Gasteiger partial charge in [0.05, 0.1) is 5.52 Å². The molecule has 9 rings (SSSR count). The van der Waals surface area contributed by atoms with Crippen molar-refractivity contribution in [3.05, 3.63) is 127 Å². The molecule has 0 radical (unpaired) electrons. The highest BCUT2D eigenvalue weighted by Gasteiger charge is 2.15. The Labute approximate surface area is 233 Å². The van der Waals surface area contributed by atoms with Gasteiger partial charge in [0, 0.05) is 31.9 Å². The van der Waals surface area contributed by atoms with Gasteiger partial charge >= 0.3 is 0 Å². The zero-order chi connectivity index (χ0) is 28.9. The number of fused-ring (bicyclic) bond motifs is 12. The Balaban J connectivity index is 1.60. The first kappa shape index (κ1) is 18.9. The van der Waals surface area contributed by atoms with Crippen LogP contribution in [0.4, 0.5) is 0 Å². The van der Waals surface area contributed by atoms with E-state index in [1.165, 1.54) is 6.20 Å². The maximum atomic E-state index is 8.31. The molecule has 40 heavy (non-hydrogen) atoms. The molecule has 0 saturated carbocycles. The van der Waals surface area contributed by atoms with Crippen LogP contribution in [0.1, 0.15) is 9.68 Å². The third-order valence-electron chi connectivity index (χ3n) is 8.35. The summed E-state index contributed by atoms with van der Waals surface area (Å²) in [6.45, 7) is -2.32. The Hall–Kier alpha value is -5.21. The lowest BCUT2D eigenvalue weighted by Crippen LogP contribution is -1.82. The molecule has 3 heterocycles. The van der Waals surface area contributed by atoms with Crippen molar-refractivity contribution in [2.45, 2.75) is 6.85 Å². The number of para-hydroxylation sites is 1. The molecule has 2 heteroatoms. The summed E-state index contributed by atoms with van der Waals surface area (Å²) >= 11 is 0. The molecule has 0 spiro atoms. The molecular weight excluding hydrogens is 486 g/mol. The topological polar surface area (TPSA) is 26.0 Å². The van der Waals surface area contributed by atoms with Crippen LogP contribution < -0.4 is 0 Å². The Kier molecular flexibility index (Phi) is 3.74. The van der Waals surface area contributed by atoms with E-state index in [1.807, 2.05) is 30.3 Å². The van der Waals surface area contributed by atoms with E-state index in [0.29, 0.717) is 10.9 Å². The van der Waals surface area contributed by atoms with Crippen LogP contribution in [0.25, 0.3) is 86.7 Å². The van der Waals surface area contributed by atoms with Crippen LogP contribution in [0.5, 0.6) is 0 Å². The van der Waals surface area contributed by atoms with Gasteiger partial charge in [-0.15, -0.1) is 0 Å². The predicted molar refractivity (Wildman–Crippen MR) is 170 cm³/mol. The third kappa shape index (κ3) is 3.02. The minimum Gasteiger partial charge on any atom is -0.455 e. The summed E-state index contributed by atoms with van der Waals surface area (Å²) in [6.07, 6.45) is 1.50. The Bertz CT molecular complexity index is 2670. The zero-order valence-electron chi connectivity index (χ0n) is 24.4. The van der Waals surface area contributed by atoms with Gasteiger partial charge in [-0.1, -0.05) is 78.9 Å². The normalized spacial score (nSPS) is 13.6. The van der Waals surface area contributed by atoms with Gasteiger partial charge < -0.3 is 4.42 Å². The second kappa shape index (κ2) is 7.91. The molecule has 0 fully saturated rings. The fourth-order valence-electron chi connectivity index (χ4n) is 6.36. The molecule has 0 N–H and O–H groups in total. The van der Waals surface area contributed by atoms with Crippen LogP contribution in [0, 0.1) is 6.85 Å². The van der Waals surface area contributed by atoms with E-state index in [2.05, 4.69) is 84.9 Å². The summed E-state index contributed by atoms with van der Waals surface area (Å²) in [5.41, 5.74) is 2.47. The fraction of sp³-hybridized carbons (Fsp3) is 0.0263. The standard InChI is InChI=1S/C38H23NO/c1-22-21-39-35-20-33(22)29-8-3-7-27(18-29)25-5-2-6-26(17-25)28-14-12-23-11-13-24-15-16-31-30-9-4-10-32(35)37(30)40-38(31)36(24)34(23)19-28/h2-21H,1H3/i1D3. The summed E-state index contributed by atoms with van der Waals surface area (Å²) in [5.74, 6) is 0. The fourth-order valence-corrected chi connectivity index (χ4v) is 6.36. The smallest absolute Gasteiger partial charge is 0.144 e. The van der Waals surface area contributed by atoms with Crippen LogP contribution in [0.2, 0.25) is 0 Å². The third-order valence-corrected chi connectivity index (χ3v) is 8.35. The lowest BCUT2D eigenvalue weighted by molar-refractivity contribution is 0.676. The number of aryl methyl sites for hydroxylation is 1. The Morgan fingerprint density at radius 3 is 1.95 bits per heavy atom. The van der Waals surface area contributed by atoms with E-state index in [1.54, 1.807) is 0 Å². The average molecular weight is 513 g/mol. The predicted octanol–water partition coefficient (Wildman–Crippen LogP) is 10.8. The summed E-state index contributed by atoms with van der Waals surface area (Å²) in [7, 11) is 0. The van der Waals surface area contributed by atoms with E-state index in [9.17, 15) is 0 Å². The molecule has 0 aliphatic heterocycles. The van der Waals surface area contributed by atoms with E-state index in [-0.39, 0.29) is 5.56 Å². The molecule has 186 valence electrons. The number of nitrogens with zero attached hydrogens (tertiary/aromatic N) is 1. The lowest BCUT2D eigenvalue weighted by Gasteiger charge is -2.06. The number of hydrogen-bond donors (Lipinski definition) is 0. The molecule has 10 bridgehead atoms. The first-order chi connectivity index (χ1) is 20.9. The molecular formula is C38H23NO. The first-order valence-corrected chi connectivity index (χ1v) is 13.5. The maximum Gasteiger partial charge on any atom is 0.144 e. The highest BCUT2D eigenvalue weighted by Crippen LogP contribution is 2.40. The first-order valence-electron chi connectivity index (χ1n) is 15.0. The molecule has 0 unspecified atom stereocenters. The Morgan fingerprint density at radius 2 is 1.12 bits per heavy atom. The van der Waals surface area contributed by atoms with Gasteiger partial charge in [-0.3, -0.25) is 4.98 Å². The van der Waals surface area contributed by atoms with E-state index >= 15 is 0 Å². The second-order valence-electron chi connectivity index (χ2n) is 10.6. The van der Waals surface area contributed by atoms with E-state index < -0.39 is 6.85 Å². The number of rotatable bonds is 0. The van der Waals surface area contributed by atoms with Crippen LogP contribution in [-0.2, 0) is 0 Å². The molecule has 6 aromatic carbocycles. The summed E-state index contributed by atoms with van der Waals surface area (Å²) in [4.78, 5) is 4.70. The van der Waals surface area contributed by atoms with Crippen LogP contribution in [0.15, 0.2) is 126 Å². The molecule has 0 aliphatic rings. The SMILES string of the molecule is [2H]C([2H])([2H])c1cnc2cc1c1cccc(c1)c1cccc(c1)c1ccc3ccc4ccc5c6cccc2c6oc5c4c3c1. The zero-order valence-corrected chi connectivity index (χ0v) is 21.4. The van der Waals surface area contributed by atoms with Crippen molar-refractivity contribution in [3.63, 3.8) is 0 Å². The minimum atomic E-state index is -2.32. The average Bonchev–Trinajstić information content (AvgIpc) is 3.42. The quantitative estimate of drug-likeness (QED) is 0.189. The summed E-state index contributed by atoms with van der Waals surface area (Å²) < 4.78 is 31.7. The summed E-state index contributed by atoms with van der Waals surface area (Å²) in [6, 6.07) is 39.9. The number of benzene rings is 6. The molecule has 9 aromatic rings. The van der Waals surface area contributed by atoms with Gasteiger partial charge in [-0.25, -0.2) is 0 Å². The van der Waals surface area contributed by atoms with Crippen LogP contribution in [-0.4, -0.2) is 4.98 Å². The van der Waals surface area contributed by atoms with Gasteiger partial charge in [0.25, 0.3) is 0 Å². The van der Waals surface area contributed by atoms with Crippen molar-refractivity contribution in [2.75, 3.05) is 0 Å². The van der Waals surface area contributed by atoms with E-state index in [4.69, 9.17) is 13.5 Å². The number of hydrogen-bond acceptors (Lipinski definition) is 2. The molecule has 2 nitrogen and oxygen atoms in total. The van der Waals surface area contributed by atoms with Crippen LogP contribution in [0.3, 0.4) is 0 Å². The van der Waals surface area contributed by atoms with Crippen molar-refractivity contribution in [2.24, 2.45) is 0 Å². The molecule has 0 amide bonds. The number of aromatic nitrogens is 1. The second-order valence-corrected chi connectivity index (χ2v) is 10.6. The number of pyridine rings is 1. The molecule has 0 saturated heterocycles. The van der Waals surface area contributed by atoms with Crippen molar-refractivity contribution in [1.82, 2.24) is 4.98 Å². The largest absolute Gasteiger partial charge is 0.455 e. The van der Waals surface area contributed by atoms with Crippen LogP contribution >= 0.6 is 0 Å². The summed E-state index contributed by atoms with van der Waals surface area (Å²) in [5, 5.41) is 13.1. The van der Waals surface area contributed by atoms with Gasteiger partial charge in [-0.2, -0.15) is 0 Å². The van der Waals surface area contributed by atoms with E-state index in [0.717, 1.165) is 75.8 Å². The maximum absolute atomic E-state index is 8.31. The monoisotopic (exact) mass is 512 g/mol. The molecule has 3 aromatic heterocycles. The molecule has 0 atom stereocenters. The van der Waals surface area contributed by atoms with Crippen molar-refractivity contribution in [1.29, 1.82) is 0 Å². The van der Waals surface area contributed by atoms with Gasteiger partial charge in [0.1, 0.15) is 11.2 Å². The highest BCUT2D eigenvalue weighted by atomic mass is 16.3. The minimum absolute atomic E-state index is 0.223. The molecule has 0 aliphatic carbocycles. The Morgan fingerprint density at radius 1 is 0.500 bits per heavy atom. The number of furan rings is 1. The van der Waals surface area contributed by atoms with Crippen molar-refractivity contribution < 1.29 is 8.53 Å². The van der Waals surface area contributed by atoms with Crippen molar-refractivity contribution >= 4 is 86.7 Å². The van der Waals surface area contributed by atoms with Gasteiger partial charge in [-0.05, 0) is 97.3 Å². The van der Waals surface area contributed by atoms with Gasteiger partial charge in [0.15, 0.2) is 0 Å².